The Kier molecular flexibility index (Phi) is 4.06. The molecule has 94 valence electrons. The van der Waals surface area contributed by atoms with Crippen LogP contribution in [0.5, 0.6) is 0 Å². The van der Waals surface area contributed by atoms with Gasteiger partial charge in [-0.2, -0.15) is 5.26 Å². The second-order valence-corrected chi connectivity index (χ2v) is 4.76. The van der Waals surface area contributed by atoms with Crippen LogP contribution in [-0.4, -0.2) is 5.84 Å². The molecule has 0 saturated heterocycles. The first-order chi connectivity index (χ1) is 9.08. The van der Waals surface area contributed by atoms with Crippen molar-refractivity contribution in [3.63, 3.8) is 0 Å². The number of nitriles is 1. The highest BCUT2D eigenvalue weighted by Gasteiger charge is 2.07. The lowest BCUT2D eigenvalue weighted by atomic mass is 10.2. The van der Waals surface area contributed by atoms with E-state index in [0.717, 1.165) is 5.69 Å². The number of halogens is 2. The minimum absolute atomic E-state index is 0.416. The first-order valence-corrected chi connectivity index (χ1v) is 6.20. The average Bonchev–Trinajstić information content (AvgIpc) is 2.37. The number of nitrogens with two attached hydrogens (primary N) is 1. The van der Waals surface area contributed by atoms with Crippen LogP contribution in [0.15, 0.2) is 42.5 Å². The van der Waals surface area contributed by atoms with Crippen molar-refractivity contribution in [1.29, 1.82) is 5.26 Å². The molecule has 5 heteroatoms. The van der Waals surface area contributed by atoms with Crippen LogP contribution >= 0.6 is 23.2 Å². The highest BCUT2D eigenvalue weighted by atomic mass is 35.5. The molecule has 0 aliphatic heterocycles. The summed E-state index contributed by atoms with van der Waals surface area (Å²) >= 11 is 11.8. The van der Waals surface area contributed by atoms with Gasteiger partial charge < -0.3 is 0 Å². The average molecular weight is 291 g/mol. The molecular weight excluding hydrogens is 281 g/mol. The van der Waals surface area contributed by atoms with E-state index < -0.39 is 0 Å². The summed E-state index contributed by atoms with van der Waals surface area (Å²) in [5.74, 6) is 0.416. The smallest absolute Gasteiger partial charge is 0.278 e. The zero-order valence-corrected chi connectivity index (χ0v) is 11.3. The standard InChI is InChI=1S/C14H9Cl2N3/c15-11-5-10(6-12(16)7-11)14(18)19-13-3-1-2-9(4-13)8-17/h1-7H,(H2,18,19)/p+1. The predicted octanol–water partition coefficient (Wildman–Crippen LogP) is 1.98. The van der Waals surface area contributed by atoms with Gasteiger partial charge in [-0.3, -0.25) is 5.73 Å². The third-order valence-electron chi connectivity index (χ3n) is 2.44. The Morgan fingerprint density at radius 1 is 1.11 bits per heavy atom. The molecule has 0 radical (unpaired) electrons. The molecule has 0 unspecified atom stereocenters. The Morgan fingerprint density at radius 3 is 2.42 bits per heavy atom. The van der Waals surface area contributed by atoms with Crippen molar-refractivity contribution >= 4 is 34.7 Å². The molecule has 0 atom stereocenters. The van der Waals surface area contributed by atoms with E-state index in [9.17, 15) is 0 Å². The first kappa shape index (κ1) is 13.4. The van der Waals surface area contributed by atoms with Crippen molar-refractivity contribution in [3.8, 4) is 6.07 Å². The Labute approximate surface area is 120 Å². The van der Waals surface area contributed by atoms with E-state index in [1.807, 2.05) is 6.07 Å². The van der Waals surface area contributed by atoms with Crippen molar-refractivity contribution in [2.24, 2.45) is 5.73 Å². The van der Waals surface area contributed by atoms with Gasteiger partial charge >= 0.3 is 0 Å². The number of rotatable bonds is 2. The Bertz CT molecular complexity index is 667. The van der Waals surface area contributed by atoms with E-state index in [4.69, 9.17) is 34.2 Å². The molecule has 2 aromatic carbocycles. The van der Waals surface area contributed by atoms with Gasteiger partial charge in [0.2, 0.25) is 0 Å². The monoisotopic (exact) mass is 290 g/mol. The summed E-state index contributed by atoms with van der Waals surface area (Å²) in [6.45, 7) is 0. The van der Waals surface area contributed by atoms with Crippen LogP contribution in [0.4, 0.5) is 5.69 Å². The third kappa shape index (κ3) is 3.47. The molecule has 2 aromatic rings. The Balaban J connectivity index is 2.39. The predicted molar refractivity (Wildman–Crippen MR) is 76.5 cm³/mol. The Morgan fingerprint density at radius 2 is 1.79 bits per heavy atom. The van der Waals surface area contributed by atoms with Gasteiger partial charge in [0.25, 0.3) is 5.84 Å². The fourth-order valence-corrected chi connectivity index (χ4v) is 2.13. The molecule has 0 aliphatic carbocycles. The number of hydrogen-bond acceptors (Lipinski definition) is 1. The van der Waals surface area contributed by atoms with E-state index in [-0.39, 0.29) is 0 Å². The highest BCUT2D eigenvalue weighted by molar-refractivity contribution is 6.35. The summed E-state index contributed by atoms with van der Waals surface area (Å²) in [6.07, 6.45) is 0. The maximum atomic E-state index is 8.84. The van der Waals surface area contributed by atoms with Gasteiger partial charge in [0, 0.05) is 16.1 Å². The molecule has 0 spiro atoms. The number of benzene rings is 2. The van der Waals surface area contributed by atoms with Gasteiger partial charge in [-0.15, -0.1) is 0 Å². The van der Waals surface area contributed by atoms with E-state index in [1.165, 1.54) is 0 Å². The van der Waals surface area contributed by atoms with Crippen LogP contribution in [0, 0.1) is 11.3 Å². The zero-order valence-electron chi connectivity index (χ0n) is 9.82. The quantitative estimate of drug-likeness (QED) is 0.656. The largest absolute Gasteiger partial charge is 0.287 e. The fraction of sp³-hybridized carbons (Fsp3) is 0. The van der Waals surface area contributed by atoms with Crippen LogP contribution in [0.2, 0.25) is 10.0 Å². The molecule has 3 nitrogen and oxygen atoms in total. The summed E-state index contributed by atoms with van der Waals surface area (Å²) in [5, 5.41) is 9.86. The minimum Gasteiger partial charge on any atom is -0.287 e. The Hall–Kier alpha value is -2.02. The number of nitrogen functional groups attached to an aromatic ring is 1. The SMILES string of the molecule is N#Cc1cccc([NH+]=C(N)c2cc(Cl)cc(Cl)c2)c1. The molecule has 0 heterocycles. The lowest BCUT2D eigenvalue weighted by molar-refractivity contribution is -0.354. The third-order valence-corrected chi connectivity index (χ3v) is 2.88. The van der Waals surface area contributed by atoms with Crippen LogP contribution in [0.25, 0.3) is 0 Å². The van der Waals surface area contributed by atoms with Gasteiger partial charge in [0.1, 0.15) is 5.69 Å². The van der Waals surface area contributed by atoms with Gasteiger partial charge in [0.05, 0.1) is 17.2 Å². The van der Waals surface area contributed by atoms with Crippen LogP contribution in [0.3, 0.4) is 0 Å². The van der Waals surface area contributed by atoms with Crippen molar-refractivity contribution in [2.75, 3.05) is 0 Å². The summed E-state index contributed by atoms with van der Waals surface area (Å²) in [6, 6.07) is 14.1. The summed E-state index contributed by atoms with van der Waals surface area (Å²) < 4.78 is 0. The van der Waals surface area contributed by atoms with E-state index in [1.54, 1.807) is 36.4 Å². The summed E-state index contributed by atoms with van der Waals surface area (Å²) in [4.78, 5) is 3.01. The molecule has 0 bridgehead atoms. The van der Waals surface area contributed by atoms with Gasteiger partial charge in [-0.25, -0.2) is 4.99 Å². The maximum absolute atomic E-state index is 8.84. The molecular formula is C14H10Cl2N3+. The highest BCUT2D eigenvalue weighted by Crippen LogP contribution is 2.18. The minimum atomic E-state index is 0.416. The summed E-state index contributed by atoms with van der Waals surface area (Å²) in [7, 11) is 0. The number of amidine groups is 1. The molecule has 2 rings (SSSR count). The van der Waals surface area contributed by atoms with Gasteiger partial charge in [0.15, 0.2) is 0 Å². The molecule has 0 saturated carbocycles. The van der Waals surface area contributed by atoms with E-state index >= 15 is 0 Å². The second-order valence-electron chi connectivity index (χ2n) is 3.89. The summed E-state index contributed by atoms with van der Waals surface area (Å²) in [5.41, 5.74) is 7.94. The molecule has 3 N–H and O–H groups in total. The van der Waals surface area contributed by atoms with Crippen molar-refractivity contribution in [1.82, 2.24) is 0 Å². The molecule has 0 aromatic heterocycles. The second kappa shape index (κ2) is 5.75. The number of hydrogen-bond donors (Lipinski definition) is 2. The fourth-order valence-electron chi connectivity index (χ4n) is 1.60. The normalized spacial score (nSPS) is 11.1. The maximum Gasteiger partial charge on any atom is 0.278 e. The molecule has 0 fully saturated rings. The van der Waals surface area contributed by atoms with Crippen LogP contribution in [-0.2, 0) is 0 Å². The number of nitrogens with zero attached hydrogens (tertiary/aromatic N) is 1. The zero-order chi connectivity index (χ0) is 13.8. The molecule has 19 heavy (non-hydrogen) atoms. The lowest BCUT2D eigenvalue weighted by Crippen LogP contribution is -2.69. The lowest BCUT2D eigenvalue weighted by Gasteiger charge is -1.99. The van der Waals surface area contributed by atoms with Crippen LogP contribution in [0.1, 0.15) is 11.1 Å². The van der Waals surface area contributed by atoms with Crippen molar-refractivity contribution in [2.45, 2.75) is 0 Å². The molecule has 0 amide bonds. The van der Waals surface area contributed by atoms with Crippen molar-refractivity contribution in [3.05, 3.63) is 63.6 Å². The molecule has 0 aliphatic rings. The van der Waals surface area contributed by atoms with Gasteiger partial charge in [-0.1, -0.05) is 29.3 Å². The van der Waals surface area contributed by atoms with Crippen molar-refractivity contribution < 1.29 is 4.99 Å². The van der Waals surface area contributed by atoms with E-state index in [0.29, 0.717) is 27.0 Å². The number of nitrogens with one attached hydrogen (secondary N) is 1. The van der Waals surface area contributed by atoms with E-state index in [2.05, 4.69) is 11.1 Å². The first-order valence-electron chi connectivity index (χ1n) is 5.44. The van der Waals surface area contributed by atoms with Crippen LogP contribution < -0.4 is 10.7 Å². The van der Waals surface area contributed by atoms with Gasteiger partial charge in [-0.05, 0) is 30.3 Å². The topological polar surface area (TPSA) is 63.8 Å².